The predicted molar refractivity (Wildman–Crippen MR) is 71.2 cm³/mol. The Labute approximate surface area is 97.2 Å². The topological polar surface area (TPSA) is 0 Å². The number of unbranched alkanes of at least 4 members (excludes halogenated alkanes) is 3. The van der Waals surface area contributed by atoms with Crippen LogP contribution in [0.5, 0.6) is 0 Å². The van der Waals surface area contributed by atoms with Gasteiger partial charge >= 0.3 is 0 Å². The zero-order valence-corrected chi connectivity index (χ0v) is 11.7. The third-order valence-electron chi connectivity index (χ3n) is 3.84. The molecular formula is C15H30. The summed E-state index contributed by atoms with van der Waals surface area (Å²) in [5.41, 5.74) is 3.60. The van der Waals surface area contributed by atoms with Crippen LogP contribution >= 0.6 is 0 Å². The molecule has 0 spiro atoms. The highest BCUT2D eigenvalue weighted by Gasteiger charge is 2.20. The van der Waals surface area contributed by atoms with E-state index in [2.05, 4.69) is 41.5 Å². The zero-order valence-electron chi connectivity index (χ0n) is 11.7. The molecule has 0 saturated heterocycles. The smallest absolute Gasteiger partial charge is 0.0145 e. The molecule has 90 valence electrons. The summed E-state index contributed by atoms with van der Waals surface area (Å²) >= 11 is 0. The van der Waals surface area contributed by atoms with Gasteiger partial charge in [-0.2, -0.15) is 0 Å². The van der Waals surface area contributed by atoms with E-state index in [9.17, 15) is 0 Å². The first kappa shape index (κ1) is 14.7. The Hall–Kier alpha value is -0.260. The second-order valence-corrected chi connectivity index (χ2v) is 5.45. The maximum absolute atomic E-state index is 2.40. The molecule has 0 aromatic heterocycles. The zero-order chi connectivity index (χ0) is 11.9. The van der Waals surface area contributed by atoms with E-state index in [4.69, 9.17) is 0 Å². The highest BCUT2D eigenvalue weighted by molar-refractivity contribution is 5.16. The van der Waals surface area contributed by atoms with Gasteiger partial charge in [-0.25, -0.2) is 0 Å². The standard InChI is InChI=1S/C15H30/c1-7-9-10-11-12-15(5,6)14(4)13(3)8-2/h7-12H2,1-6H3. The van der Waals surface area contributed by atoms with Crippen LogP contribution in [-0.4, -0.2) is 0 Å². The largest absolute Gasteiger partial charge is 0.0741 e. The lowest BCUT2D eigenvalue weighted by Gasteiger charge is -2.28. The molecule has 0 radical (unpaired) electrons. The van der Waals surface area contributed by atoms with E-state index < -0.39 is 0 Å². The van der Waals surface area contributed by atoms with E-state index >= 15 is 0 Å². The second-order valence-electron chi connectivity index (χ2n) is 5.45. The minimum Gasteiger partial charge on any atom is -0.0741 e. The lowest BCUT2D eigenvalue weighted by Crippen LogP contribution is -2.14. The fourth-order valence-electron chi connectivity index (χ4n) is 2.02. The Kier molecular flexibility index (Phi) is 6.96. The average Bonchev–Trinajstić information content (AvgIpc) is 2.22. The van der Waals surface area contributed by atoms with E-state index in [-0.39, 0.29) is 0 Å². The summed E-state index contributed by atoms with van der Waals surface area (Å²) in [5.74, 6) is 0. The fraction of sp³-hybridized carbons (Fsp3) is 0.867. The van der Waals surface area contributed by atoms with Gasteiger partial charge in [0.05, 0.1) is 0 Å². The first-order valence-corrected chi connectivity index (χ1v) is 6.62. The van der Waals surface area contributed by atoms with Crippen LogP contribution in [-0.2, 0) is 0 Å². The van der Waals surface area contributed by atoms with E-state index in [1.807, 2.05) is 0 Å². The molecule has 0 atom stereocenters. The van der Waals surface area contributed by atoms with Gasteiger partial charge in [-0.3, -0.25) is 0 Å². The molecule has 0 bridgehead atoms. The molecule has 0 rings (SSSR count). The minimum absolute atomic E-state index is 0.411. The first-order valence-electron chi connectivity index (χ1n) is 6.62. The number of hydrogen-bond donors (Lipinski definition) is 0. The van der Waals surface area contributed by atoms with Crippen LogP contribution < -0.4 is 0 Å². The molecule has 0 aromatic carbocycles. The Balaban J connectivity index is 4.17. The Morgan fingerprint density at radius 3 is 2.00 bits per heavy atom. The molecule has 0 aromatic rings. The van der Waals surface area contributed by atoms with Crippen molar-refractivity contribution in [3.05, 3.63) is 11.1 Å². The van der Waals surface area contributed by atoms with Crippen LogP contribution in [0, 0.1) is 5.41 Å². The lowest BCUT2D eigenvalue weighted by molar-refractivity contribution is 0.380. The van der Waals surface area contributed by atoms with Crippen molar-refractivity contribution >= 4 is 0 Å². The van der Waals surface area contributed by atoms with Crippen LogP contribution in [0.25, 0.3) is 0 Å². The summed E-state index contributed by atoms with van der Waals surface area (Å²) in [6, 6.07) is 0. The van der Waals surface area contributed by atoms with Crippen molar-refractivity contribution in [3.8, 4) is 0 Å². The summed E-state index contributed by atoms with van der Waals surface area (Å²) in [5, 5.41) is 0. The summed E-state index contributed by atoms with van der Waals surface area (Å²) in [7, 11) is 0. The van der Waals surface area contributed by atoms with Crippen molar-refractivity contribution in [1.29, 1.82) is 0 Å². The van der Waals surface area contributed by atoms with Crippen molar-refractivity contribution in [2.24, 2.45) is 5.41 Å². The molecule has 0 fully saturated rings. The van der Waals surface area contributed by atoms with E-state index in [0.717, 1.165) is 0 Å². The Bertz CT molecular complexity index is 196. The maximum atomic E-state index is 2.40. The summed E-state index contributed by atoms with van der Waals surface area (Å²) in [6.45, 7) is 13.9. The van der Waals surface area contributed by atoms with Gasteiger partial charge in [0.25, 0.3) is 0 Å². The predicted octanol–water partition coefficient (Wildman–Crippen LogP) is 5.73. The molecule has 0 heteroatoms. The lowest BCUT2D eigenvalue weighted by atomic mass is 9.78. The molecule has 0 aliphatic carbocycles. The van der Waals surface area contributed by atoms with Gasteiger partial charge < -0.3 is 0 Å². The average molecular weight is 210 g/mol. The number of rotatable bonds is 7. The monoisotopic (exact) mass is 210 g/mol. The van der Waals surface area contributed by atoms with Gasteiger partial charge in [0, 0.05) is 0 Å². The molecule has 0 amide bonds. The molecule has 0 aliphatic heterocycles. The SMILES string of the molecule is CCCCCCC(C)(C)C(C)=C(C)CC. The second kappa shape index (κ2) is 7.09. The quantitative estimate of drug-likeness (QED) is 0.372. The normalized spacial score (nSPS) is 14.0. The summed E-state index contributed by atoms with van der Waals surface area (Å²) in [4.78, 5) is 0. The molecule has 0 aliphatic rings. The van der Waals surface area contributed by atoms with E-state index in [1.54, 1.807) is 11.1 Å². The number of hydrogen-bond acceptors (Lipinski definition) is 0. The third-order valence-corrected chi connectivity index (χ3v) is 3.84. The first-order chi connectivity index (χ1) is 6.95. The fourth-order valence-corrected chi connectivity index (χ4v) is 2.02. The molecular weight excluding hydrogens is 180 g/mol. The maximum Gasteiger partial charge on any atom is -0.0145 e. The Morgan fingerprint density at radius 1 is 0.933 bits per heavy atom. The molecule has 0 N–H and O–H groups in total. The Morgan fingerprint density at radius 2 is 1.53 bits per heavy atom. The molecule has 0 nitrogen and oxygen atoms in total. The van der Waals surface area contributed by atoms with Crippen molar-refractivity contribution in [1.82, 2.24) is 0 Å². The summed E-state index contributed by atoms with van der Waals surface area (Å²) < 4.78 is 0. The van der Waals surface area contributed by atoms with Gasteiger partial charge in [-0.15, -0.1) is 0 Å². The van der Waals surface area contributed by atoms with Crippen LogP contribution in [0.4, 0.5) is 0 Å². The molecule has 15 heavy (non-hydrogen) atoms. The molecule has 0 unspecified atom stereocenters. The third kappa shape index (κ3) is 5.39. The highest BCUT2D eigenvalue weighted by atomic mass is 14.3. The van der Waals surface area contributed by atoms with Gasteiger partial charge in [-0.1, -0.05) is 64.5 Å². The van der Waals surface area contributed by atoms with Gasteiger partial charge in [0.2, 0.25) is 0 Å². The van der Waals surface area contributed by atoms with E-state index in [0.29, 0.717) is 5.41 Å². The van der Waals surface area contributed by atoms with Crippen LogP contribution in [0.3, 0.4) is 0 Å². The van der Waals surface area contributed by atoms with Crippen LogP contribution in [0.1, 0.15) is 80.1 Å². The van der Waals surface area contributed by atoms with Gasteiger partial charge in [-0.05, 0) is 32.1 Å². The minimum atomic E-state index is 0.411. The van der Waals surface area contributed by atoms with Crippen molar-refractivity contribution in [3.63, 3.8) is 0 Å². The van der Waals surface area contributed by atoms with Crippen LogP contribution in [0.2, 0.25) is 0 Å². The van der Waals surface area contributed by atoms with Crippen molar-refractivity contribution in [2.75, 3.05) is 0 Å². The van der Waals surface area contributed by atoms with Gasteiger partial charge in [0.15, 0.2) is 0 Å². The summed E-state index contributed by atoms with van der Waals surface area (Å²) in [6.07, 6.45) is 8.06. The van der Waals surface area contributed by atoms with Crippen molar-refractivity contribution < 1.29 is 0 Å². The molecule has 0 heterocycles. The van der Waals surface area contributed by atoms with E-state index in [1.165, 1.54) is 38.5 Å². The highest BCUT2D eigenvalue weighted by Crippen LogP contribution is 2.34. The molecule has 0 saturated carbocycles. The number of allylic oxidation sites excluding steroid dienone is 2. The van der Waals surface area contributed by atoms with Gasteiger partial charge in [0.1, 0.15) is 0 Å². The van der Waals surface area contributed by atoms with Crippen LogP contribution in [0.15, 0.2) is 11.1 Å². The van der Waals surface area contributed by atoms with Crippen molar-refractivity contribution in [2.45, 2.75) is 80.1 Å².